The van der Waals surface area contributed by atoms with Crippen LogP contribution in [0.1, 0.15) is 93.9 Å². The molecule has 4 aromatic carbocycles. The predicted molar refractivity (Wildman–Crippen MR) is 225 cm³/mol. The zero-order valence-corrected chi connectivity index (χ0v) is 31.1. The Morgan fingerprint density at radius 2 is 1.42 bits per heavy atom. The summed E-state index contributed by atoms with van der Waals surface area (Å²) in [6.45, 7) is 4.60. The van der Waals surface area contributed by atoms with Crippen LogP contribution in [0.2, 0.25) is 0 Å². The normalized spacial score (nSPS) is 13.3. The van der Waals surface area contributed by atoms with Crippen LogP contribution in [0.25, 0.3) is 45.8 Å². The molecular formula is C46H54S2. The Hall–Kier alpha value is -3.46. The molecule has 0 radical (unpaired) electrons. The number of fused-ring (bicyclic) bond motifs is 3. The summed E-state index contributed by atoms with van der Waals surface area (Å²) < 4.78 is 0. The van der Waals surface area contributed by atoms with Gasteiger partial charge in [0, 0.05) is 4.91 Å². The van der Waals surface area contributed by atoms with Gasteiger partial charge in [0.25, 0.3) is 0 Å². The van der Waals surface area contributed by atoms with E-state index >= 15 is 0 Å². The third kappa shape index (κ3) is 10.0. The number of hydrogen-bond donors (Lipinski definition) is 0. The fourth-order valence-corrected chi connectivity index (χ4v) is 7.21. The Kier molecular flexibility index (Phi) is 15.7. The Balaban J connectivity index is 0.00000520. The van der Waals surface area contributed by atoms with Gasteiger partial charge in [-0.2, -0.15) is 13.5 Å². The Morgan fingerprint density at radius 3 is 2.12 bits per heavy atom. The first-order valence-electron chi connectivity index (χ1n) is 17.9. The van der Waals surface area contributed by atoms with Gasteiger partial charge in [-0.3, -0.25) is 0 Å². The lowest BCUT2D eigenvalue weighted by molar-refractivity contribution is 0.668. The lowest BCUT2D eigenvalue weighted by Gasteiger charge is -2.18. The number of allylic oxidation sites excluding steroid dienone is 7. The van der Waals surface area contributed by atoms with Crippen molar-refractivity contribution in [3.05, 3.63) is 141 Å². The molecule has 5 rings (SSSR count). The smallest absolute Gasteiger partial charge is 0.00691 e. The van der Waals surface area contributed by atoms with E-state index in [9.17, 15) is 0 Å². The van der Waals surface area contributed by atoms with E-state index in [4.69, 9.17) is 0 Å². The molecule has 0 aliphatic heterocycles. The van der Waals surface area contributed by atoms with Crippen molar-refractivity contribution in [1.82, 2.24) is 0 Å². The molecule has 0 N–H and O–H groups in total. The summed E-state index contributed by atoms with van der Waals surface area (Å²) in [6, 6.07) is 22.9. The fraction of sp³-hybridized carbons (Fsp3) is 0.304. The van der Waals surface area contributed by atoms with Gasteiger partial charge in [0.05, 0.1) is 0 Å². The van der Waals surface area contributed by atoms with E-state index in [1.807, 2.05) is 0 Å². The van der Waals surface area contributed by atoms with Crippen LogP contribution in [-0.2, 0) is 12.8 Å². The number of thioether (sulfide) groups is 1. The van der Waals surface area contributed by atoms with Crippen molar-refractivity contribution < 1.29 is 0 Å². The van der Waals surface area contributed by atoms with Crippen molar-refractivity contribution in [2.24, 2.45) is 0 Å². The molecule has 0 amide bonds. The molecule has 0 atom stereocenters. The van der Waals surface area contributed by atoms with Gasteiger partial charge in [0.1, 0.15) is 0 Å². The maximum Gasteiger partial charge on any atom is 0.00691 e. The number of aryl methyl sites for hydroxylation is 2. The Bertz CT molecular complexity index is 1920. The summed E-state index contributed by atoms with van der Waals surface area (Å²) in [5.41, 5.74) is 5.60. The number of hydrogen-bond acceptors (Lipinski definition) is 1. The van der Waals surface area contributed by atoms with Crippen molar-refractivity contribution in [3.8, 4) is 0 Å². The largest absolute Gasteiger partial charge is 0.197 e. The third-order valence-corrected chi connectivity index (χ3v) is 10.1. The van der Waals surface area contributed by atoms with E-state index in [1.165, 1.54) is 105 Å². The Morgan fingerprint density at radius 1 is 0.708 bits per heavy atom. The first-order valence-corrected chi connectivity index (χ1v) is 19.1. The second kappa shape index (κ2) is 20.1. The third-order valence-electron chi connectivity index (χ3n) is 9.31. The molecule has 0 spiro atoms. The first kappa shape index (κ1) is 37.4. The van der Waals surface area contributed by atoms with Crippen LogP contribution in [0, 0.1) is 0 Å². The molecule has 0 saturated carbocycles. The molecule has 4 aromatic rings. The molecular weight excluding hydrogens is 617 g/mol. The molecule has 0 aromatic heterocycles. The summed E-state index contributed by atoms with van der Waals surface area (Å²) in [4.78, 5) is 1.23. The standard InChI is InChI=1S/C46H52S.H2S/c1-4-6-8-12-29-43-41-31-17-18-32-42(41)44(30-13-9-7-5-2)46-35-36(33-34-45(43)46)21-15-16-26-39(47-3)27-20-25-38-24-19-23-37-22-11-10-14-28-40(37)38;/h10,14-28,31-35H,4-9,11-13,29-30H2,1-3H3;1H2/b21-15+,25-20+,26-16+,39-27-;. The van der Waals surface area contributed by atoms with Crippen molar-refractivity contribution in [3.63, 3.8) is 0 Å². The van der Waals surface area contributed by atoms with Crippen molar-refractivity contribution in [2.45, 2.75) is 84.5 Å². The number of unbranched alkanes of at least 4 members (excludes halogenated alkanes) is 6. The van der Waals surface area contributed by atoms with E-state index in [2.05, 4.69) is 148 Å². The Labute approximate surface area is 301 Å². The van der Waals surface area contributed by atoms with Crippen molar-refractivity contribution in [1.29, 1.82) is 0 Å². The van der Waals surface area contributed by atoms with Crippen LogP contribution in [0.15, 0.2) is 108 Å². The van der Waals surface area contributed by atoms with E-state index in [1.54, 1.807) is 17.3 Å². The highest BCUT2D eigenvalue weighted by Gasteiger charge is 2.14. The van der Waals surface area contributed by atoms with E-state index < -0.39 is 0 Å². The molecule has 0 bridgehead atoms. The van der Waals surface area contributed by atoms with Crippen LogP contribution in [0.4, 0.5) is 0 Å². The maximum absolute atomic E-state index is 2.46. The molecule has 2 heteroatoms. The number of rotatable bonds is 16. The lowest BCUT2D eigenvalue weighted by atomic mass is 9.86. The molecule has 0 nitrogen and oxygen atoms in total. The second-order valence-electron chi connectivity index (χ2n) is 12.7. The molecule has 0 fully saturated rings. The molecule has 0 saturated heterocycles. The molecule has 250 valence electrons. The average molecular weight is 671 g/mol. The van der Waals surface area contributed by atoms with Gasteiger partial charge in [0.15, 0.2) is 0 Å². The average Bonchev–Trinajstić information content (AvgIpc) is 3.36. The van der Waals surface area contributed by atoms with Gasteiger partial charge >= 0.3 is 0 Å². The first-order chi connectivity index (χ1) is 23.2. The topological polar surface area (TPSA) is 0 Å². The molecule has 0 heterocycles. The van der Waals surface area contributed by atoms with E-state index in [0.29, 0.717) is 0 Å². The van der Waals surface area contributed by atoms with Crippen LogP contribution >= 0.6 is 25.3 Å². The van der Waals surface area contributed by atoms with Crippen molar-refractivity contribution >= 4 is 71.1 Å². The second-order valence-corrected chi connectivity index (χ2v) is 13.5. The highest BCUT2D eigenvalue weighted by molar-refractivity contribution is 8.02. The molecule has 1 aliphatic carbocycles. The van der Waals surface area contributed by atoms with Gasteiger partial charge in [-0.15, -0.1) is 11.8 Å². The minimum absolute atomic E-state index is 0. The highest BCUT2D eigenvalue weighted by Crippen LogP contribution is 2.36. The monoisotopic (exact) mass is 670 g/mol. The highest BCUT2D eigenvalue weighted by atomic mass is 32.2. The zero-order valence-electron chi connectivity index (χ0n) is 29.3. The van der Waals surface area contributed by atoms with Gasteiger partial charge in [-0.05, 0) is 111 Å². The predicted octanol–water partition coefficient (Wildman–Crippen LogP) is 12.4. The lowest BCUT2D eigenvalue weighted by Crippen LogP contribution is -2.26. The minimum Gasteiger partial charge on any atom is -0.197 e. The summed E-state index contributed by atoms with van der Waals surface area (Å²) >= 11 is 1.77. The summed E-state index contributed by atoms with van der Waals surface area (Å²) in [6.07, 6.45) is 40.1. The van der Waals surface area contributed by atoms with Crippen LogP contribution in [0.3, 0.4) is 0 Å². The van der Waals surface area contributed by atoms with Gasteiger partial charge < -0.3 is 0 Å². The van der Waals surface area contributed by atoms with Gasteiger partial charge in [0.2, 0.25) is 0 Å². The summed E-state index contributed by atoms with van der Waals surface area (Å²) in [7, 11) is 0. The molecule has 1 aliphatic rings. The van der Waals surface area contributed by atoms with E-state index in [-0.39, 0.29) is 13.5 Å². The number of benzene rings is 4. The van der Waals surface area contributed by atoms with Crippen molar-refractivity contribution in [2.75, 3.05) is 6.26 Å². The van der Waals surface area contributed by atoms with Gasteiger partial charge in [-0.1, -0.05) is 162 Å². The van der Waals surface area contributed by atoms with E-state index in [0.717, 1.165) is 19.3 Å². The zero-order chi connectivity index (χ0) is 32.7. The molecule has 0 unspecified atom stereocenters. The fourth-order valence-electron chi connectivity index (χ4n) is 6.78. The minimum atomic E-state index is 0. The SMILES string of the molecule is CCCCCCc1c2ccccc2c(CCCCCC)c2cc(/C=C/C=C/C(=C/C=C/c3cccc4c3=CC=CCC=4)SC)ccc12.S. The summed E-state index contributed by atoms with van der Waals surface area (Å²) in [5, 5.41) is 8.45. The quantitative estimate of drug-likeness (QED) is 0.0649. The van der Waals surface area contributed by atoms with Crippen LogP contribution in [0.5, 0.6) is 0 Å². The van der Waals surface area contributed by atoms with Crippen LogP contribution in [-0.4, -0.2) is 6.26 Å². The summed E-state index contributed by atoms with van der Waals surface area (Å²) in [5.74, 6) is 0. The van der Waals surface area contributed by atoms with Crippen LogP contribution < -0.4 is 10.4 Å². The van der Waals surface area contributed by atoms with Gasteiger partial charge in [-0.25, -0.2) is 0 Å². The molecule has 48 heavy (non-hydrogen) atoms. The maximum atomic E-state index is 2.46.